The van der Waals surface area contributed by atoms with E-state index in [0.717, 1.165) is 17.0 Å². The van der Waals surface area contributed by atoms with Crippen molar-refractivity contribution in [2.45, 2.75) is 11.4 Å². The third-order valence-electron chi connectivity index (χ3n) is 2.38. The highest BCUT2D eigenvalue weighted by Crippen LogP contribution is 2.28. The fourth-order valence-electron chi connectivity index (χ4n) is 1.61. The lowest BCUT2D eigenvalue weighted by Crippen LogP contribution is -2.04. The van der Waals surface area contributed by atoms with E-state index in [1.165, 1.54) is 6.39 Å². The summed E-state index contributed by atoms with van der Waals surface area (Å²) in [5, 5.41) is 0.658. The standard InChI is InChI=1S/C12H12BrNO2/c1-15-11(9-5-3-2-4-6-9)12-10(7-13)14-8-16-12/h2-6,8,11H,7H2,1H3. The molecule has 0 aliphatic heterocycles. The van der Waals surface area contributed by atoms with Gasteiger partial charge in [-0.3, -0.25) is 0 Å². The van der Waals surface area contributed by atoms with E-state index in [0.29, 0.717) is 5.33 Å². The number of ether oxygens (including phenoxy) is 1. The molecule has 1 unspecified atom stereocenters. The summed E-state index contributed by atoms with van der Waals surface area (Å²) in [6, 6.07) is 9.95. The van der Waals surface area contributed by atoms with Crippen LogP contribution in [0.2, 0.25) is 0 Å². The number of alkyl halides is 1. The van der Waals surface area contributed by atoms with Crippen LogP contribution in [0.5, 0.6) is 0 Å². The topological polar surface area (TPSA) is 35.3 Å². The van der Waals surface area contributed by atoms with E-state index in [1.807, 2.05) is 30.3 Å². The van der Waals surface area contributed by atoms with Gasteiger partial charge in [0.25, 0.3) is 0 Å². The van der Waals surface area contributed by atoms with Gasteiger partial charge in [0.1, 0.15) is 6.10 Å². The predicted molar refractivity (Wildman–Crippen MR) is 64.4 cm³/mol. The van der Waals surface area contributed by atoms with Gasteiger partial charge in [-0.15, -0.1) is 0 Å². The molecule has 2 aromatic rings. The van der Waals surface area contributed by atoms with Gasteiger partial charge in [-0.05, 0) is 5.56 Å². The van der Waals surface area contributed by atoms with Gasteiger partial charge in [-0.1, -0.05) is 46.3 Å². The van der Waals surface area contributed by atoms with Crippen molar-refractivity contribution in [3.63, 3.8) is 0 Å². The highest BCUT2D eigenvalue weighted by molar-refractivity contribution is 9.08. The number of nitrogens with zero attached hydrogens (tertiary/aromatic N) is 1. The van der Waals surface area contributed by atoms with Crippen LogP contribution in [0.3, 0.4) is 0 Å². The average molecular weight is 282 g/mol. The molecule has 0 saturated carbocycles. The molecule has 0 spiro atoms. The highest BCUT2D eigenvalue weighted by atomic mass is 79.9. The number of aromatic nitrogens is 1. The highest BCUT2D eigenvalue weighted by Gasteiger charge is 2.20. The van der Waals surface area contributed by atoms with E-state index in [2.05, 4.69) is 20.9 Å². The Morgan fingerprint density at radius 1 is 1.38 bits per heavy atom. The second-order valence-electron chi connectivity index (χ2n) is 3.32. The van der Waals surface area contributed by atoms with Crippen molar-refractivity contribution in [3.05, 3.63) is 53.7 Å². The van der Waals surface area contributed by atoms with Gasteiger partial charge in [0.2, 0.25) is 0 Å². The summed E-state index contributed by atoms with van der Waals surface area (Å²) in [5.41, 5.74) is 1.93. The fraction of sp³-hybridized carbons (Fsp3) is 0.250. The Kier molecular flexibility index (Phi) is 3.74. The normalized spacial score (nSPS) is 12.6. The van der Waals surface area contributed by atoms with Crippen molar-refractivity contribution in [2.24, 2.45) is 0 Å². The van der Waals surface area contributed by atoms with E-state index in [1.54, 1.807) is 7.11 Å². The molecule has 0 amide bonds. The monoisotopic (exact) mass is 281 g/mol. The minimum atomic E-state index is -0.198. The first-order chi connectivity index (χ1) is 7.86. The Labute approximate surface area is 103 Å². The predicted octanol–water partition coefficient (Wildman–Crippen LogP) is 3.31. The maximum absolute atomic E-state index is 5.47. The Morgan fingerprint density at radius 3 is 2.75 bits per heavy atom. The number of oxazole rings is 1. The van der Waals surface area contributed by atoms with E-state index in [4.69, 9.17) is 9.15 Å². The number of halogens is 1. The zero-order valence-electron chi connectivity index (χ0n) is 8.89. The van der Waals surface area contributed by atoms with Gasteiger partial charge < -0.3 is 9.15 Å². The molecule has 0 aliphatic rings. The second-order valence-corrected chi connectivity index (χ2v) is 3.88. The molecule has 0 fully saturated rings. The van der Waals surface area contributed by atoms with Gasteiger partial charge in [0.05, 0.1) is 5.69 Å². The minimum Gasteiger partial charge on any atom is -0.445 e. The molecule has 4 heteroatoms. The molecule has 0 saturated heterocycles. The molecule has 0 radical (unpaired) electrons. The second kappa shape index (κ2) is 5.27. The van der Waals surface area contributed by atoms with Crippen molar-refractivity contribution in [3.8, 4) is 0 Å². The van der Waals surface area contributed by atoms with Gasteiger partial charge in [0.15, 0.2) is 12.2 Å². The molecule has 1 aromatic heterocycles. The molecule has 1 heterocycles. The maximum Gasteiger partial charge on any atom is 0.181 e. The molecular weight excluding hydrogens is 270 g/mol. The summed E-state index contributed by atoms with van der Waals surface area (Å²) in [5.74, 6) is 0.755. The van der Waals surface area contributed by atoms with E-state index >= 15 is 0 Å². The Morgan fingerprint density at radius 2 is 2.12 bits per heavy atom. The van der Waals surface area contributed by atoms with Gasteiger partial charge in [-0.25, -0.2) is 4.98 Å². The van der Waals surface area contributed by atoms with E-state index in [-0.39, 0.29) is 6.10 Å². The Balaban J connectivity index is 2.37. The number of rotatable bonds is 4. The summed E-state index contributed by atoms with van der Waals surface area (Å²) in [4.78, 5) is 4.14. The minimum absolute atomic E-state index is 0.198. The van der Waals surface area contributed by atoms with Crippen LogP contribution in [-0.4, -0.2) is 12.1 Å². The third kappa shape index (κ3) is 2.18. The van der Waals surface area contributed by atoms with Crippen LogP contribution in [0.15, 0.2) is 41.1 Å². The zero-order chi connectivity index (χ0) is 11.4. The molecule has 16 heavy (non-hydrogen) atoms. The number of hydrogen-bond acceptors (Lipinski definition) is 3. The lowest BCUT2D eigenvalue weighted by Gasteiger charge is -2.13. The number of hydrogen-bond donors (Lipinski definition) is 0. The van der Waals surface area contributed by atoms with Gasteiger partial charge in [-0.2, -0.15) is 0 Å². The molecule has 1 aromatic carbocycles. The summed E-state index contributed by atoms with van der Waals surface area (Å²) < 4.78 is 10.9. The lowest BCUT2D eigenvalue weighted by atomic mass is 10.1. The largest absolute Gasteiger partial charge is 0.445 e. The molecule has 1 atom stereocenters. The van der Waals surface area contributed by atoms with Gasteiger partial charge in [0, 0.05) is 12.4 Å². The quantitative estimate of drug-likeness (QED) is 0.807. The summed E-state index contributed by atoms with van der Waals surface area (Å²) in [7, 11) is 1.66. The lowest BCUT2D eigenvalue weighted by molar-refractivity contribution is 0.115. The van der Waals surface area contributed by atoms with E-state index < -0.39 is 0 Å². The zero-order valence-corrected chi connectivity index (χ0v) is 10.5. The SMILES string of the molecule is COC(c1ccccc1)c1ocnc1CBr. The summed E-state index contributed by atoms with van der Waals surface area (Å²) in [6.45, 7) is 0. The van der Waals surface area contributed by atoms with Crippen molar-refractivity contribution in [2.75, 3.05) is 7.11 Å². The van der Waals surface area contributed by atoms with Crippen LogP contribution < -0.4 is 0 Å². The van der Waals surface area contributed by atoms with Crippen molar-refractivity contribution in [1.82, 2.24) is 4.98 Å². The first kappa shape index (κ1) is 11.4. The first-order valence-corrected chi connectivity index (χ1v) is 6.05. The Hall–Kier alpha value is -1.13. The van der Waals surface area contributed by atoms with Crippen LogP contribution in [0.4, 0.5) is 0 Å². The molecule has 3 nitrogen and oxygen atoms in total. The smallest absolute Gasteiger partial charge is 0.181 e. The summed E-state index contributed by atoms with van der Waals surface area (Å²) >= 11 is 3.38. The van der Waals surface area contributed by atoms with Crippen LogP contribution >= 0.6 is 15.9 Å². The van der Waals surface area contributed by atoms with Crippen LogP contribution in [-0.2, 0) is 10.1 Å². The van der Waals surface area contributed by atoms with E-state index in [9.17, 15) is 0 Å². The molecule has 84 valence electrons. The molecular formula is C12H12BrNO2. The Bertz CT molecular complexity index is 441. The van der Waals surface area contributed by atoms with Crippen LogP contribution in [0, 0.1) is 0 Å². The maximum atomic E-state index is 5.47. The molecule has 0 bridgehead atoms. The molecule has 0 aliphatic carbocycles. The first-order valence-electron chi connectivity index (χ1n) is 4.92. The molecule has 2 rings (SSSR count). The number of methoxy groups -OCH3 is 1. The van der Waals surface area contributed by atoms with Crippen LogP contribution in [0.1, 0.15) is 23.1 Å². The fourth-order valence-corrected chi connectivity index (χ4v) is 2.04. The van der Waals surface area contributed by atoms with Crippen LogP contribution in [0.25, 0.3) is 0 Å². The number of benzene rings is 1. The third-order valence-corrected chi connectivity index (χ3v) is 2.91. The van der Waals surface area contributed by atoms with Crippen molar-refractivity contribution in [1.29, 1.82) is 0 Å². The van der Waals surface area contributed by atoms with Crippen molar-refractivity contribution < 1.29 is 9.15 Å². The molecule has 0 N–H and O–H groups in total. The van der Waals surface area contributed by atoms with Gasteiger partial charge >= 0.3 is 0 Å². The average Bonchev–Trinajstić information content (AvgIpc) is 2.80. The summed E-state index contributed by atoms with van der Waals surface area (Å²) in [6.07, 6.45) is 1.25. The van der Waals surface area contributed by atoms with Crippen molar-refractivity contribution >= 4 is 15.9 Å².